The quantitative estimate of drug-likeness (QED) is 0.630. The highest BCUT2D eigenvalue weighted by Gasteiger charge is 2.08. The summed E-state index contributed by atoms with van der Waals surface area (Å²) in [5.74, 6) is 0. The van der Waals surface area contributed by atoms with E-state index in [1.54, 1.807) is 0 Å². The highest BCUT2D eigenvalue weighted by Crippen LogP contribution is 2.25. The molecule has 4 heteroatoms. The van der Waals surface area contributed by atoms with E-state index in [9.17, 15) is 4.79 Å². The molecule has 1 aromatic carbocycles. The lowest BCUT2D eigenvalue weighted by Gasteiger charge is -2.18. The second kappa shape index (κ2) is 3.57. The number of carbonyl (C=O) groups is 1. The summed E-state index contributed by atoms with van der Waals surface area (Å²) < 4.78 is 0. The Balaban J connectivity index is 2.24. The van der Waals surface area contributed by atoms with Gasteiger partial charge in [0.15, 0.2) is 0 Å². The maximum absolute atomic E-state index is 10.6. The molecule has 2 amide bonds. The second-order valence-electron chi connectivity index (χ2n) is 3.39. The first-order valence-electron chi connectivity index (χ1n) is 4.69. The van der Waals surface area contributed by atoms with Crippen LogP contribution in [0.3, 0.4) is 0 Å². The van der Waals surface area contributed by atoms with Crippen molar-refractivity contribution in [2.24, 2.45) is 5.73 Å². The van der Waals surface area contributed by atoms with Crippen molar-refractivity contribution in [3.63, 3.8) is 0 Å². The number of primary amides is 1. The number of rotatable bonds is 1. The van der Waals surface area contributed by atoms with Gasteiger partial charge < -0.3 is 16.4 Å². The Morgan fingerprint density at radius 1 is 1.50 bits per heavy atom. The van der Waals surface area contributed by atoms with Gasteiger partial charge in [-0.1, -0.05) is 6.07 Å². The molecule has 0 saturated heterocycles. The predicted octanol–water partition coefficient (Wildman–Crippen LogP) is 1.54. The number of fused-ring (bicyclic) bond motifs is 1. The monoisotopic (exact) mass is 191 g/mol. The standard InChI is InChI=1S/C10H13N3O/c11-10(14)13-8-4-3-7-2-1-5-12-9(7)6-8/h3-4,6,12H,1-2,5H2,(H3,11,13,14). The maximum Gasteiger partial charge on any atom is 0.316 e. The minimum atomic E-state index is -0.527. The van der Waals surface area contributed by atoms with Gasteiger partial charge >= 0.3 is 6.03 Å². The van der Waals surface area contributed by atoms with Crippen LogP contribution in [0.4, 0.5) is 16.2 Å². The van der Waals surface area contributed by atoms with Crippen LogP contribution in [0.5, 0.6) is 0 Å². The molecule has 0 aliphatic carbocycles. The van der Waals surface area contributed by atoms with Crippen LogP contribution in [0, 0.1) is 0 Å². The lowest BCUT2D eigenvalue weighted by atomic mass is 10.0. The summed E-state index contributed by atoms with van der Waals surface area (Å²) in [5, 5.41) is 5.84. The van der Waals surface area contributed by atoms with Gasteiger partial charge in [-0.05, 0) is 30.5 Å². The number of amides is 2. The Hall–Kier alpha value is -1.71. The molecule has 0 saturated carbocycles. The Bertz CT molecular complexity index is 362. The number of hydrogen-bond donors (Lipinski definition) is 3. The minimum absolute atomic E-state index is 0.527. The number of urea groups is 1. The van der Waals surface area contributed by atoms with Crippen molar-refractivity contribution in [2.75, 3.05) is 17.2 Å². The second-order valence-corrected chi connectivity index (χ2v) is 3.39. The zero-order chi connectivity index (χ0) is 9.97. The summed E-state index contributed by atoms with van der Waals surface area (Å²) >= 11 is 0. The van der Waals surface area contributed by atoms with Crippen LogP contribution in [-0.4, -0.2) is 12.6 Å². The normalized spacial score (nSPS) is 14.0. The molecule has 1 aliphatic heterocycles. The van der Waals surface area contributed by atoms with E-state index in [2.05, 4.69) is 10.6 Å². The van der Waals surface area contributed by atoms with Crippen LogP contribution < -0.4 is 16.4 Å². The van der Waals surface area contributed by atoms with Gasteiger partial charge in [-0.2, -0.15) is 0 Å². The van der Waals surface area contributed by atoms with Crippen LogP contribution in [0.2, 0.25) is 0 Å². The van der Waals surface area contributed by atoms with Gasteiger partial charge in [0.1, 0.15) is 0 Å². The molecule has 1 heterocycles. The molecule has 2 rings (SSSR count). The Morgan fingerprint density at radius 2 is 2.36 bits per heavy atom. The number of hydrogen-bond acceptors (Lipinski definition) is 2. The van der Waals surface area contributed by atoms with Crippen LogP contribution in [0.15, 0.2) is 18.2 Å². The third kappa shape index (κ3) is 1.79. The van der Waals surface area contributed by atoms with Gasteiger partial charge in [0.05, 0.1) is 0 Å². The van der Waals surface area contributed by atoms with E-state index >= 15 is 0 Å². The molecule has 4 nitrogen and oxygen atoms in total. The molecule has 0 fully saturated rings. The van der Waals surface area contributed by atoms with Gasteiger partial charge in [-0.15, -0.1) is 0 Å². The van der Waals surface area contributed by atoms with E-state index in [1.807, 2.05) is 18.2 Å². The molecule has 0 spiro atoms. The number of carbonyl (C=O) groups excluding carboxylic acids is 1. The molecule has 0 bridgehead atoms. The number of aryl methyl sites for hydroxylation is 1. The van der Waals surface area contributed by atoms with Gasteiger partial charge in [-0.25, -0.2) is 4.79 Å². The Kier molecular flexibility index (Phi) is 2.26. The smallest absolute Gasteiger partial charge is 0.316 e. The molecule has 1 aliphatic rings. The van der Waals surface area contributed by atoms with Crippen LogP contribution >= 0.6 is 0 Å². The zero-order valence-electron chi connectivity index (χ0n) is 7.84. The van der Waals surface area contributed by atoms with E-state index in [0.29, 0.717) is 0 Å². The van der Waals surface area contributed by atoms with Crippen LogP contribution in [-0.2, 0) is 6.42 Å². The molecule has 74 valence electrons. The highest BCUT2D eigenvalue weighted by atomic mass is 16.2. The first-order valence-corrected chi connectivity index (χ1v) is 4.69. The van der Waals surface area contributed by atoms with Crippen molar-refractivity contribution in [3.8, 4) is 0 Å². The molecule has 0 atom stereocenters. The SMILES string of the molecule is NC(=O)Nc1ccc2c(c1)NCCC2. The Labute approximate surface area is 82.5 Å². The average molecular weight is 191 g/mol. The van der Waals surface area contributed by atoms with E-state index in [4.69, 9.17) is 5.73 Å². The lowest BCUT2D eigenvalue weighted by molar-refractivity contribution is 0.259. The predicted molar refractivity (Wildman–Crippen MR) is 56.5 cm³/mol. The van der Waals surface area contributed by atoms with Crippen molar-refractivity contribution in [1.82, 2.24) is 0 Å². The van der Waals surface area contributed by atoms with E-state index in [-0.39, 0.29) is 0 Å². The zero-order valence-corrected chi connectivity index (χ0v) is 7.84. The average Bonchev–Trinajstić information content (AvgIpc) is 2.17. The number of nitrogens with two attached hydrogens (primary N) is 1. The third-order valence-electron chi connectivity index (χ3n) is 2.32. The molecular formula is C10H13N3O. The summed E-state index contributed by atoms with van der Waals surface area (Å²) in [6.07, 6.45) is 2.26. The molecule has 0 unspecified atom stereocenters. The summed E-state index contributed by atoms with van der Waals surface area (Å²) in [7, 11) is 0. The third-order valence-corrected chi connectivity index (χ3v) is 2.32. The lowest BCUT2D eigenvalue weighted by Crippen LogP contribution is -2.20. The fraction of sp³-hybridized carbons (Fsp3) is 0.300. The minimum Gasteiger partial charge on any atom is -0.385 e. The van der Waals surface area contributed by atoms with Gasteiger partial charge in [-0.3, -0.25) is 0 Å². The molecule has 0 radical (unpaired) electrons. The van der Waals surface area contributed by atoms with E-state index in [1.165, 1.54) is 5.56 Å². The summed E-state index contributed by atoms with van der Waals surface area (Å²) in [6, 6.07) is 5.28. The van der Waals surface area contributed by atoms with Gasteiger partial charge in [0, 0.05) is 17.9 Å². The highest BCUT2D eigenvalue weighted by molar-refractivity contribution is 5.88. The molecular weight excluding hydrogens is 178 g/mol. The molecule has 0 aromatic heterocycles. The molecule has 4 N–H and O–H groups in total. The first-order chi connectivity index (χ1) is 6.75. The van der Waals surface area contributed by atoms with Crippen molar-refractivity contribution in [2.45, 2.75) is 12.8 Å². The number of benzene rings is 1. The van der Waals surface area contributed by atoms with Gasteiger partial charge in [0.2, 0.25) is 0 Å². The van der Waals surface area contributed by atoms with E-state index in [0.717, 1.165) is 30.8 Å². The van der Waals surface area contributed by atoms with Crippen LogP contribution in [0.1, 0.15) is 12.0 Å². The number of nitrogens with one attached hydrogen (secondary N) is 2. The van der Waals surface area contributed by atoms with Gasteiger partial charge in [0.25, 0.3) is 0 Å². The fourth-order valence-corrected chi connectivity index (χ4v) is 1.68. The van der Waals surface area contributed by atoms with Crippen LogP contribution in [0.25, 0.3) is 0 Å². The van der Waals surface area contributed by atoms with Crippen molar-refractivity contribution in [1.29, 1.82) is 0 Å². The first kappa shape index (κ1) is 8.87. The van der Waals surface area contributed by atoms with E-state index < -0.39 is 6.03 Å². The number of anilines is 2. The summed E-state index contributed by atoms with van der Waals surface area (Å²) in [6.45, 7) is 0.993. The van der Waals surface area contributed by atoms with Crippen molar-refractivity contribution in [3.05, 3.63) is 23.8 Å². The summed E-state index contributed by atoms with van der Waals surface area (Å²) in [4.78, 5) is 10.6. The molecule has 1 aromatic rings. The van der Waals surface area contributed by atoms with Crippen molar-refractivity contribution >= 4 is 17.4 Å². The Morgan fingerprint density at radius 3 is 3.14 bits per heavy atom. The fourth-order valence-electron chi connectivity index (χ4n) is 1.68. The topological polar surface area (TPSA) is 67.2 Å². The molecule has 14 heavy (non-hydrogen) atoms. The maximum atomic E-state index is 10.6. The van der Waals surface area contributed by atoms with Crippen molar-refractivity contribution < 1.29 is 4.79 Å². The summed E-state index contributed by atoms with van der Waals surface area (Å²) in [5.41, 5.74) is 8.17. The largest absolute Gasteiger partial charge is 0.385 e.